The first-order valence-corrected chi connectivity index (χ1v) is 6.36. The molecule has 0 heterocycles. The minimum absolute atomic E-state index is 0.211. The third kappa shape index (κ3) is 2.59. The molecule has 2 aromatic rings. The molecule has 24 heavy (non-hydrogen) atoms. The molecule has 0 saturated carbocycles. The summed E-state index contributed by atoms with van der Waals surface area (Å²) in [6.07, 6.45) is -11.6. The van der Waals surface area contributed by atoms with E-state index in [2.05, 4.69) is 0 Å². The first-order valence-electron chi connectivity index (χ1n) is 6.36. The van der Waals surface area contributed by atoms with Crippen LogP contribution in [0.15, 0.2) is 42.5 Å². The van der Waals surface area contributed by atoms with Gasteiger partial charge >= 0.3 is 12.4 Å². The van der Waals surface area contributed by atoms with Crippen LogP contribution in [0.4, 0.5) is 26.3 Å². The first kappa shape index (κ1) is 17.8. The van der Waals surface area contributed by atoms with Crippen molar-refractivity contribution in [3.05, 3.63) is 53.6 Å². The zero-order valence-corrected chi connectivity index (χ0v) is 11.7. The lowest BCUT2D eigenvalue weighted by Gasteiger charge is -2.38. The van der Waals surface area contributed by atoms with E-state index in [0.717, 1.165) is 0 Å². The van der Waals surface area contributed by atoms with Gasteiger partial charge in [0, 0.05) is 0 Å². The zero-order chi connectivity index (χ0) is 18.3. The number of hydrogen-bond donors (Lipinski definition) is 3. The average Bonchev–Trinajstić information content (AvgIpc) is 2.42. The van der Waals surface area contributed by atoms with Gasteiger partial charge in [-0.1, -0.05) is 18.2 Å². The maximum Gasteiger partial charge on any atom is 0.411 e. The molecule has 9 heteroatoms. The Morgan fingerprint density at radius 1 is 0.583 bits per heavy atom. The van der Waals surface area contributed by atoms with Crippen LogP contribution in [-0.4, -0.2) is 27.7 Å². The van der Waals surface area contributed by atoms with Crippen molar-refractivity contribution in [3.8, 4) is 17.2 Å². The van der Waals surface area contributed by atoms with Gasteiger partial charge in [-0.2, -0.15) is 26.3 Å². The van der Waals surface area contributed by atoms with Crippen molar-refractivity contribution in [2.45, 2.75) is 17.8 Å². The number of aromatic hydroxyl groups is 3. The predicted octanol–water partition coefficient (Wildman–Crippen LogP) is 4.21. The second kappa shape index (κ2) is 5.50. The Hall–Kier alpha value is -2.58. The number of rotatable bonds is 2. The summed E-state index contributed by atoms with van der Waals surface area (Å²) in [5, 5.41) is 27.7. The first-order chi connectivity index (χ1) is 10.9. The molecule has 0 aliphatic heterocycles. The number of alkyl halides is 6. The van der Waals surface area contributed by atoms with E-state index in [-0.39, 0.29) is 6.07 Å². The van der Waals surface area contributed by atoms with Crippen LogP contribution in [0.2, 0.25) is 0 Å². The topological polar surface area (TPSA) is 60.7 Å². The normalized spacial score (nSPS) is 13.1. The summed E-state index contributed by atoms with van der Waals surface area (Å²) in [5.41, 5.74) is -6.95. The predicted molar refractivity (Wildman–Crippen MR) is 70.8 cm³/mol. The highest BCUT2D eigenvalue weighted by Crippen LogP contribution is 2.57. The summed E-state index contributed by atoms with van der Waals surface area (Å²) in [4.78, 5) is 0. The van der Waals surface area contributed by atoms with Gasteiger partial charge in [-0.3, -0.25) is 0 Å². The lowest BCUT2D eigenvalue weighted by atomic mass is 9.73. The van der Waals surface area contributed by atoms with Crippen molar-refractivity contribution in [2.24, 2.45) is 0 Å². The van der Waals surface area contributed by atoms with Crippen LogP contribution in [0.5, 0.6) is 17.2 Å². The Kier molecular flexibility index (Phi) is 4.07. The van der Waals surface area contributed by atoms with Gasteiger partial charge in [0.1, 0.15) is 5.75 Å². The van der Waals surface area contributed by atoms with Crippen LogP contribution >= 0.6 is 0 Å². The summed E-state index contributed by atoms with van der Waals surface area (Å²) in [7, 11) is 0. The Morgan fingerprint density at radius 2 is 1.04 bits per heavy atom. The maximum atomic E-state index is 13.6. The molecule has 0 radical (unpaired) electrons. The van der Waals surface area contributed by atoms with Crippen molar-refractivity contribution in [2.75, 3.05) is 0 Å². The van der Waals surface area contributed by atoms with Crippen LogP contribution in [0.25, 0.3) is 0 Å². The van der Waals surface area contributed by atoms with Gasteiger partial charge in [0.2, 0.25) is 5.41 Å². The van der Waals surface area contributed by atoms with E-state index in [1.54, 1.807) is 0 Å². The lowest BCUT2D eigenvalue weighted by Crippen LogP contribution is -2.54. The smallest absolute Gasteiger partial charge is 0.411 e. The Morgan fingerprint density at radius 3 is 1.46 bits per heavy atom. The third-order valence-corrected chi connectivity index (χ3v) is 3.56. The summed E-state index contributed by atoms with van der Waals surface area (Å²) in [6.45, 7) is 0. The van der Waals surface area contributed by atoms with E-state index < -0.39 is 46.1 Å². The number of hydrogen-bond acceptors (Lipinski definition) is 3. The van der Waals surface area contributed by atoms with Crippen molar-refractivity contribution < 1.29 is 41.7 Å². The van der Waals surface area contributed by atoms with E-state index in [4.69, 9.17) is 5.11 Å². The third-order valence-electron chi connectivity index (χ3n) is 3.56. The second-order valence-corrected chi connectivity index (χ2v) is 5.00. The van der Waals surface area contributed by atoms with Gasteiger partial charge in [-0.05, 0) is 35.4 Å². The fourth-order valence-electron chi connectivity index (χ4n) is 2.45. The minimum atomic E-state index is -5.81. The molecular formula is C15H10F6O3. The molecule has 0 aromatic heterocycles. The van der Waals surface area contributed by atoms with E-state index in [1.165, 1.54) is 0 Å². The number of phenolic OH excluding ortho intramolecular Hbond substituents is 3. The molecular weight excluding hydrogens is 342 g/mol. The van der Waals surface area contributed by atoms with E-state index in [0.29, 0.717) is 36.4 Å². The highest BCUT2D eigenvalue weighted by atomic mass is 19.4. The van der Waals surface area contributed by atoms with Crippen LogP contribution in [0.3, 0.4) is 0 Å². The number of phenols is 3. The Labute approximate surface area is 131 Å². The van der Waals surface area contributed by atoms with Gasteiger partial charge in [-0.25, -0.2) is 0 Å². The minimum Gasteiger partial charge on any atom is -0.508 e. The summed E-state index contributed by atoms with van der Waals surface area (Å²) < 4.78 is 81.9. The Balaban J connectivity index is 2.91. The quantitative estimate of drug-likeness (QED) is 0.560. The van der Waals surface area contributed by atoms with Gasteiger partial charge in [0.15, 0.2) is 11.5 Å². The fourth-order valence-corrected chi connectivity index (χ4v) is 2.45. The van der Waals surface area contributed by atoms with Gasteiger partial charge in [-0.15, -0.1) is 0 Å². The number of benzene rings is 2. The Bertz CT molecular complexity index is 720. The van der Waals surface area contributed by atoms with E-state index in [1.807, 2.05) is 0 Å². The fraction of sp³-hybridized carbons (Fsp3) is 0.200. The molecule has 3 nitrogen and oxygen atoms in total. The molecule has 2 rings (SSSR count). The molecule has 0 aliphatic rings. The van der Waals surface area contributed by atoms with Gasteiger partial charge in [0.05, 0.1) is 0 Å². The summed E-state index contributed by atoms with van der Waals surface area (Å²) >= 11 is 0. The van der Waals surface area contributed by atoms with Gasteiger partial charge in [0.25, 0.3) is 0 Å². The zero-order valence-electron chi connectivity index (χ0n) is 11.7. The van der Waals surface area contributed by atoms with Crippen molar-refractivity contribution in [1.29, 1.82) is 0 Å². The van der Waals surface area contributed by atoms with Crippen molar-refractivity contribution in [1.82, 2.24) is 0 Å². The monoisotopic (exact) mass is 352 g/mol. The van der Waals surface area contributed by atoms with Crippen LogP contribution in [0.1, 0.15) is 11.1 Å². The maximum absolute atomic E-state index is 13.6. The highest BCUT2D eigenvalue weighted by molar-refractivity contribution is 5.50. The standard InChI is InChI=1S/C15H10F6O3/c16-14(17,18)13(15(19,20)21,8-1-4-10(22)5-2-8)9-3-6-11(23)12(24)7-9/h1-7,22-24H. The molecule has 0 unspecified atom stereocenters. The van der Waals surface area contributed by atoms with Gasteiger partial charge < -0.3 is 15.3 Å². The molecule has 0 spiro atoms. The van der Waals surface area contributed by atoms with Crippen molar-refractivity contribution in [3.63, 3.8) is 0 Å². The molecule has 0 amide bonds. The van der Waals surface area contributed by atoms with Crippen molar-refractivity contribution >= 4 is 0 Å². The lowest BCUT2D eigenvalue weighted by molar-refractivity contribution is -0.288. The van der Waals surface area contributed by atoms with Crippen LogP contribution in [-0.2, 0) is 5.41 Å². The molecule has 0 saturated heterocycles. The average molecular weight is 352 g/mol. The molecule has 0 aliphatic carbocycles. The largest absolute Gasteiger partial charge is 0.508 e. The molecule has 0 bridgehead atoms. The number of halogens is 6. The second-order valence-electron chi connectivity index (χ2n) is 5.00. The molecule has 2 aromatic carbocycles. The van der Waals surface area contributed by atoms with Crippen LogP contribution in [0, 0.1) is 0 Å². The van der Waals surface area contributed by atoms with E-state index >= 15 is 0 Å². The van der Waals surface area contributed by atoms with Crippen LogP contribution < -0.4 is 0 Å². The molecule has 0 fully saturated rings. The van der Waals surface area contributed by atoms with E-state index in [9.17, 15) is 36.6 Å². The highest BCUT2D eigenvalue weighted by Gasteiger charge is 2.72. The molecule has 3 N–H and O–H groups in total. The summed E-state index contributed by atoms with van der Waals surface area (Å²) in [6, 6.07) is 3.58. The molecule has 130 valence electrons. The molecule has 0 atom stereocenters. The SMILES string of the molecule is Oc1ccc(C(c2ccc(O)c(O)c2)(C(F)(F)F)C(F)(F)F)cc1. The summed E-state index contributed by atoms with van der Waals surface area (Å²) in [5.74, 6) is -2.49.